The molecule has 1 amide bonds. The maximum atomic E-state index is 14.2. The Kier molecular flexibility index (Phi) is 5.35. The number of nitrogens with one attached hydrogen (secondary N) is 1. The molecular formula is C26H28F2N4O3S. The van der Waals surface area contributed by atoms with Crippen molar-refractivity contribution < 1.29 is 22.0 Å². The fourth-order valence-corrected chi connectivity index (χ4v) is 8.92. The Bertz CT molecular complexity index is 1410. The molecule has 36 heavy (non-hydrogen) atoms. The number of nitrogens with zero attached hydrogens (tertiary/aromatic N) is 3. The Labute approximate surface area is 209 Å². The number of rotatable bonds is 5. The summed E-state index contributed by atoms with van der Waals surface area (Å²) in [6.07, 6.45) is 9.89. The van der Waals surface area contributed by atoms with Gasteiger partial charge in [0.05, 0.1) is 12.2 Å². The zero-order valence-corrected chi connectivity index (χ0v) is 20.9. The molecule has 2 saturated carbocycles. The number of anilines is 1. The highest BCUT2D eigenvalue weighted by atomic mass is 32.2. The van der Waals surface area contributed by atoms with Crippen molar-refractivity contribution in [1.82, 2.24) is 14.3 Å². The molecule has 4 aliphatic carbocycles. The minimum absolute atomic E-state index is 0.00289. The molecule has 2 heterocycles. The number of halogens is 2. The molecule has 1 aliphatic heterocycles. The molecule has 10 heteroatoms. The first-order valence-corrected chi connectivity index (χ1v) is 13.8. The van der Waals surface area contributed by atoms with Crippen LogP contribution in [0.4, 0.5) is 14.6 Å². The summed E-state index contributed by atoms with van der Waals surface area (Å²) in [7, 11) is -4.27. The number of sulfonamides is 1. The number of hydrogen-bond donors (Lipinski definition) is 1. The fourth-order valence-electron chi connectivity index (χ4n) is 7.44. The van der Waals surface area contributed by atoms with E-state index in [0.717, 1.165) is 42.1 Å². The van der Waals surface area contributed by atoms with Crippen LogP contribution in [0.5, 0.6) is 0 Å². The van der Waals surface area contributed by atoms with Crippen LogP contribution < -0.4 is 5.32 Å². The fraction of sp³-hybridized carbons (Fsp3) is 0.500. The van der Waals surface area contributed by atoms with Crippen molar-refractivity contribution in [1.29, 1.82) is 0 Å². The van der Waals surface area contributed by atoms with E-state index in [2.05, 4.69) is 28.3 Å². The predicted molar refractivity (Wildman–Crippen MR) is 128 cm³/mol. The molecule has 0 radical (unpaired) electrons. The quantitative estimate of drug-likeness (QED) is 0.599. The van der Waals surface area contributed by atoms with Crippen molar-refractivity contribution >= 4 is 21.7 Å². The van der Waals surface area contributed by atoms with Crippen LogP contribution in [0.15, 0.2) is 41.1 Å². The van der Waals surface area contributed by atoms with Crippen LogP contribution in [0, 0.1) is 28.4 Å². The lowest BCUT2D eigenvalue weighted by Crippen LogP contribution is -2.47. The van der Waals surface area contributed by atoms with Gasteiger partial charge in [-0.15, -0.1) is 0 Å². The van der Waals surface area contributed by atoms with Gasteiger partial charge >= 0.3 is 0 Å². The Morgan fingerprint density at radius 2 is 2.08 bits per heavy atom. The molecule has 1 aromatic carbocycles. The Balaban J connectivity index is 1.19. The minimum atomic E-state index is -4.27. The van der Waals surface area contributed by atoms with Gasteiger partial charge in [-0.1, -0.05) is 24.6 Å². The summed E-state index contributed by atoms with van der Waals surface area (Å²) in [5, 5.41) is 2.97. The lowest BCUT2D eigenvalue weighted by Gasteiger charge is -2.57. The normalized spacial score (nSPS) is 29.1. The van der Waals surface area contributed by atoms with Gasteiger partial charge in [0.15, 0.2) is 11.6 Å². The predicted octanol–water partition coefficient (Wildman–Crippen LogP) is 4.36. The van der Waals surface area contributed by atoms with Crippen LogP contribution in [-0.4, -0.2) is 35.1 Å². The highest BCUT2D eigenvalue weighted by Crippen LogP contribution is 2.63. The smallest absolute Gasteiger partial charge is 0.246 e. The van der Waals surface area contributed by atoms with Gasteiger partial charge in [-0.3, -0.25) is 4.79 Å². The van der Waals surface area contributed by atoms with E-state index in [1.54, 1.807) is 0 Å². The largest absolute Gasteiger partial charge is 0.310 e. The number of benzene rings is 1. The van der Waals surface area contributed by atoms with E-state index in [0.29, 0.717) is 29.4 Å². The molecule has 0 spiro atoms. The van der Waals surface area contributed by atoms with Crippen molar-refractivity contribution in [3.8, 4) is 0 Å². The summed E-state index contributed by atoms with van der Waals surface area (Å²) in [6.45, 7) is 2.23. The zero-order valence-electron chi connectivity index (χ0n) is 20.1. The highest BCUT2D eigenvalue weighted by Gasteiger charge is 2.52. The maximum Gasteiger partial charge on any atom is 0.246 e. The zero-order chi connectivity index (χ0) is 25.3. The SMILES string of the molecule is CC12C=C3CC(C1)CC(CC(=O)Nc1ncnc4c1CCN(S(=O)(=O)c1cccc(F)c1F)C4)(C3)C2. The summed E-state index contributed by atoms with van der Waals surface area (Å²) >= 11 is 0. The van der Waals surface area contributed by atoms with Gasteiger partial charge in [0.2, 0.25) is 15.9 Å². The minimum Gasteiger partial charge on any atom is -0.310 e. The molecular weight excluding hydrogens is 486 g/mol. The summed E-state index contributed by atoms with van der Waals surface area (Å²) < 4.78 is 55.0. The number of hydrogen-bond acceptors (Lipinski definition) is 5. The van der Waals surface area contributed by atoms with E-state index in [1.807, 2.05) is 0 Å². The lowest BCUT2D eigenvalue weighted by molar-refractivity contribution is -0.121. The van der Waals surface area contributed by atoms with E-state index in [1.165, 1.54) is 24.4 Å². The van der Waals surface area contributed by atoms with Crippen molar-refractivity contribution in [2.45, 2.75) is 63.3 Å². The number of aromatic nitrogens is 2. The summed E-state index contributed by atoms with van der Waals surface area (Å²) in [6, 6.07) is 3.10. The molecule has 4 bridgehead atoms. The molecule has 3 unspecified atom stereocenters. The van der Waals surface area contributed by atoms with Gasteiger partial charge in [-0.2, -0.15) is 4.31 Å². The Morgan fingerprint density at radius 1 is 1.25 bits per heavy atom. The average Bonchev–Trinajstić information content (AvgIpc) is 2.78. The molecule has 2 fully saturated rings. The van der Waals surface area contributed by atoms with Crippen molar-refractivity contribution in [3.05, 3.63) is 59.1 Å². The van der Waals surface area contributed by atoms with Gasteiger partial charge in [-0.05, 0) is 67.4 Å². The van der Waals surface area contributed by atoms with Gasteiger partial charge in [0, 0.05) is 18.5 Å². The summed E-state index contributed by atoms with van der Waals surface area (Å²) in [4.78, 5) is 21.0. The number of amides is 1. The van der Waals surface area contributed by atoms with E-state index >= 15 is 0 Å². The van der Waals surface area contributed by atoms with Gasteiger partial charge in [0.25, 0.3) is 0 Å². The first kappa shape index (κ1) is 23.7. The monoisotopic (exact) mass is 514 g/mol. The van der Waals surface area contributed by atoms with Crippen LogP contribution in [0.2, 0.25) is 0 Å². The molecule has 7 rings (SSSR count). The third-order valence-electron chi connectivity index (χ3n) is 8.26. The Hall–Kier alpha value is -2.72. The molecule has 190 valence electrons. The van der Waals surface area contributed by atoms with Crippen molar-refractivity contribution in [2.24, 2.45) is 16.7 Å². The molecule has 1 N–H and O–H groups in total. The van der Waals surface area contributed by atoms with E-state index in [-0.39, 0.29) is 36.2 Å². The first-order valence-electron chi connectivity index (χ1n) is 12.3. The summed E-state index contributed by atoms with van der Waals surface area (Å²) in [5.41, 5.74) is 2.81. The Morgan fingerprint density at radius 3 is 2.86 bits per heavy atom. The standard InChI is InChI=1S/C26H28F2N4O3S/c1-25-8-16-7-17(9-25)11-26(10-16,14-25)12-22(33)31-24-18-5-6-32(13-20(18)29-15-30-24)36(34,35)21-4-2-3-19(27)23(21)28/h2-4,8,15,17H,5-7,9-14H2,1H3,(H,29,30,31,33). The third-order valence-corrected chi connectivity index (χ3v) is 10.1. The van der Waals surface area contributed by atoms with Gasteiger partial charge in [-0.25, -0.2) is 27.2 Å². The number of carbonyl (C=O) groups excluding carboxylic acids is 1. The first-order chi connectivity index (χ1) is 17.1. The van der Waals surface area contributed by atoms with E-state index in [9.17, 15) is 22.0 Å². The summed E-state index contributed by atoms with van der Waals surface area (Å²) in [5.74, 6) is -1.64. The number of fused-ring (bicyclic) bond motifs is 1. The second-order valence-corrected chi connectivity index (χ2v) is 13.2. The highest BCUT2D eigenvalue weighted by molar-refractivity contribution is 7.89. The van der Waals surface area contributed by atoms with Crippen LogP contribution in [0.3, 0.4) is 0 Å². The van der Waals surface area contributed by atoms with Gasteiger partial charge < -0.3 is 5.32 Å². The van der Waals surface area contributed by atoms with Crippen LogP contribution >= 0.6 is 0 Å². The molecule has 5 aliphatic rings. The topological polar surface area (TPSA) is 92.3 Å². The molecule has 7 nitrogen and oxygen atoms in total. The second-order valence-electron chi connectivity index (χ2n) is 11.3. The number of carbonyl (C=O) groups is 1. The number of allylic oxidation sites excluding steroid dienone is 2. The molecule has 0 saturated heterocycles. The second kappa shape index (κ2) is 8.14. The van der Waals surface area contributed by atoms with Crippen LogP contribution in [0.1, 0.15) is 56.7 Å². The van der Waals surface area contributed by atoms with Crippen LogP contribution in [-0.2, 0) is 27.8 Å². The average molecular weight is 515 g/mol. The van der Waals surface area contributed by atoms with Gasteiger partial charge in [0.1, 0.15) is 17.0 Å². The van der Waals surface area contributed by atoms with Crippen molar-refractivity contribution in [2.75, 3.05) is 11.9 Å². The molecule has 1 aromatic heterocycles. The van der Waals surface area contributed by atoms with Crippen molar-refractivity contribution in [3.63, 3.8) is 0 Å². The van der Waals surface area contributed by atoms with E-state index < -0.39 is 26.6 Å². The third kappa shape index (κ3) is 3.94. The molecule has 3 atom stereocenters. The van der Waals surface area contributed by atoms with Crippen LogP contribution in [0.25, 0.3) is 0 Å². The lowest BCUT2D eigenvalue weighted by atomic mass is 9.48. The van der Waals surface area contributed by atoms with E-state index in [4.69, 9.17) is 0 Å². The maximum absolute atomic E-state index is 14.2. The molecule has 2 aromatic rings.